The largest absolute Gasteiger partial charge is 0.449 e. The summed E-state index contributed by atoms with van der Waals surface area (Å²) in [5.41, 5.74) is 0. The van der Waals surface area contributed by atoms with Gasteiger partial charge in [-0.1, -0.05) is 6.92 Å². The molecule has 13 heavy (non-hydrogen) atoms. The average molecular weight is 200 g/mol. The fourth-order valence-electron chi connectivity index (χ4n) is 1.91. The van der Waals surface area contributed by atoms with E-state index in [0.717, 1.165) is 18.8 Å². The summed E-state index contributed by atoms with van der Waals surface area (Å²) < 4.78 is 5.40. The predicted octanol–water partition coefficient (Wildman–Crippen LogP) is 2.65. The fourth-order valence-corrected chi connectivity index (χ4v) is 2.06. The van der Waals surface area contributed by atoms with Gasteiger partial charge in [0.15, 0.2) is 5.22 Å². The molecule has 0 saturated carbocycles. The van der Waals surface area contributed by atoms with Gasteiger partial charge in [-0.15, -0.1) is 0 Å². The van der Waals surface area contributed by atoms with Crippen molar-refractivity contribution in [3.63, 3.8) is 0 Å². The minimum absolute atomic E-state index is 0.475. The third-order valence-electron chi connectivity index (χ3n) is 2.85. The summed E-state index contributed by atoms with van der Waals surface area (Å²) in [6.45, 7) is 4.43. The second-order valence-corrected chi connectivity index (χ2v) is 4.06. The zero-order valence-corrected chi connectivity index (χ0v) is 8.47. The van der Waals surface area contributed by atoms with Gasteiger partial charge in [-0.3, -0.25) is 0 Å². The maximum atomic E-state index is 5.73. The Balaban J connectivity index is 2.07. The average Bonchev–Trinajstić information content (AvgIpc) is 2.72. The summed E-state index contributed by atoms with van der Waals surface area (Å²) in [6.07, 6.45) is 1.24. The van der Waals surface area contributed by atoms with E-state index >= 15 is 0 Å². The van der Waals surface area contributed by atoms with Crippen molar-refractivity contribution < 1.29 is 4.42 Å². The molecular weight excluding hydrogens is 186 g/mol. The van der Waals surface area contributed by atoms with Crippen LogP contribution in [0.15, 0.2) is 16.5 Å². The van der Waals surface area contributed by atoms with Gasteiger partial charge in [0.1, 0.15) is 5.76 Å². The molecule has 2 heterocycles. The summed E-state index contributed by atoms with van der Waals surface area (Å²) >= 11 is 5.73. The van der Waals surface area contributed by atoms with E-state index in [0.29, 0.717) is 17.1 Å². The molecule has 1 aliphatic heterocycles. The van der Waals surface area contributed by atoms with Crippen molar-refractivity contribution in [2.75, 3.05) is 13.1 Å². The molecule has 72 valence electrons. The SMILES string of the molecule is CC(c1ccc(Cl)o1)C1CCNC1. The molecule has 0 bridgehead atoms. The number of hydrogen-bond donors (Lipinski definition) is 1. The first-order valence-corrected chi connectivity index (χ1v) is 5.11. The zero-order chi connectivity index (χ0) is 9.26. The summed E-state index contributed by atoms with van der Waals surface area (Å²) in [6, 6.07) is 3.79. The van der Waals surface area contributed by atoms with Crippen LogP contribution in [-0.4, -0.2) is 13.1 Å². The van der Waals surface area contributed by atoms with Crippen molar-refractivity contribution in [1.29, 1.82) is 0 Å². The molecule has 1 aromatic rings. The third kappa shape index (κ3) is 1.89. The van der Waals surface area contributed by atoms with Crippen molar-refractivity contribution in [2.24, 2.45) is 5.92 Å². The van der Waals surface area contributed by atoms with Gasteiger partial charge >= 0.3 is 0 Å². The number of nitrogens with one attached hydrogen (secondary N) is 1. The molecule has 1 N–H and O–H groups in total. The quantitative estimate of drug-likeness (QED) is 0.792. The Morgan fingerprint density at radius 1 is 1.62 bits per heavy atom. The van der Waals surface area contributed by atoms with E-state index in [2.05, 4.69) is 12.2 Å². The number of rotatable bonds is 2. The van der Waals surface area contributed by atoms with E-state index in [-0.39, 0.29) is 0 Å². The summed E-state index contributed by atoms with van der Waals surface area (Å²) in [5, 5.41) is 3.85. The molecule has 1 aliphatic rings. The zero-order valence-electron chi connectivity index (χ0n) is 7.72. The lowest BCUT2D eigenvalue weighted by molar-refractivity contribution is 0.396. The lowest BCUT2D eigenvalue weighted by atomic mass is 9.91. The lowest BCUT2D eigenvalue weighted by Gasteiger charge is -2.14. The normalized spacial score (nSPS) is 24.9. The molecule has 2 unspecified atom stereocenters. The van der Waals surface area contributed by atoms with Crippen LogP contribution in [-0.2, 0) is 0 Å². The van der Waals surface area contributed by atoms with Crippen LogP contribution in [0.1, 0.15) is 25.0 Å². The van der Waals surface area contributed by atoms with Crippen molar-refractivity contribution in [1.82, 2.24) is 5.32 Å². The maximum absolute atomic E-state index is 5.73. The third-order valence-corrected chi connectivity index (χ3v) is 3.05. The Bertz CT molecular complexity index is 278. The predicted molar refractivity (Wildman–Crippen MR) is 53.1 cm³/mol. The highest BCUT2D eigenvalue weighted by Gasteiger charge is 2.24. The van der Waals surface area contributed by atoms with Gasteiger partial charge in [0, 0.05) is 5.92 Å². The summed E-state index contributed by atoms with van der Waals surface area (Å²) in [4.78, 5) is 0. The highest BCUT2D eigenvalue weighted by atomic mass is 35.5. The van der Waals surface area contributed by atoms with Crippen LogP contribution in [0.3, 0.4) is 0 Å². The molecule has 0 aromatic carbocycles. The summed E-state index contributed by atoms with van der Waals surface area (Å²) in [7, 11) is 0. The first-order valence-electron chi connectivity index (χ1n) is 4.73. The van der Waals surface area contributed by atoms with Crippen LogP contribution in [0.2, 0.25) is 5.22 Å². The standard InChI is InChI=1S/C10H14ClNO/c1-7(8-4-5-12-6-8)9-2-3-10(11)13-9/h2-3,7-8,12H,4-6H2,1H3. The molecule has 1 saturated heterocycles. The van der Waals surface area contributed by atoms with Gasteiger partial charge < -0.3 is 9.73 Å². The number of furan rings is 1. The second-order valence-electron chi connectivity index (χ2n) is 3.68. The molecule has 0 aliphatic carbocycles. The number of hydrogen-bond acceptors (Lipinski definition) is 2. The van der Waals surface area contributed by atoms with E-state index < -0.39 is 0 Å². The molecule has 3 heteroatoms. The molecule has 2 nitrogen and oxygen atoms in total. The second kappa shape index (κ2) is 3.72. The van der Waals surface area contributed by atoms with Crippen LogP contribution in [0.5, 0.6) is 0 Å². The Morgan fingerprint density at radius 3 is 3.00 bits per heavy atom. The van der Waals surface area contributed by atoms with Crippen molar-refractivity contribution in [3.05, 3.63) is 23.1 Å². The molecular formula is C10H14ClNO. The maximum Gasteiger partial charge on any atom is 0.193 e. The Labute approximate surface area is 83.3 Å². The van der Waals surface area contributed by atoms with Crippen LogP contribution in [0, 0.1) is 5.92 Å². The van der Waals surface area contributed by atoms with Gasteiger partial charge in [0.25, 0.3) is 0 Å². The van der Waals surface area contributed by atoms with Gasteiger partial charge in [-0.05, 0) is 49.2 Å². The van der Waals surface area contributed by atoms with Gasteiger partial charge in [-0.2, -0.15) is 0 Å². The number of halogens is 1. The van der Waals surface area contributed by atoms with Gasteiger partial charge in [-0.25, -0.2) is 0 Å². The van der Waals surface area contributed by atoms with Crippen LogP contribution >= 0.6 is 11.6 Å². The van der Waals surface area contributed by atoms with Crippen LogP contribution in [0.25, 0.3) is 0 Å². The van der Waals surface area contributed by atoms with Crippen LogP contribution in [0.4, 0.5) is 0 Å². The summed E-state index contributed by atoms with van der Waals surface area (Å²) in [5.74, 6) is 2.18. The topological polar surface area (TPSA) is 25.2 Å². The van der Waals surface area contributed by atoms with E-state index in [1.807, 2.05) is 12.1 Å². The first kappa shape index (κ1) is 9.10. The molecule has 1 aromatic heterocycles. The molecule has 0 amide bonds. The van der Waals surface area contributed by atoms with E-state index in [1.165, 1.54) is 6.42 Å². The Hall–Kier alpha value is -0.470. The monoisotopic (exact) mass is 199 g/mol. The van der Waals surface area contributed by atoms with E-state index in [9.17, 15) is 0 Å². The fraction of sp³-hybridized carbons (Fsp3) is 0.600. The van der Waals surface area contributed by atoms with Crippen molar-refractivity contribution in [2.45, 2.75) is 19.3 Å². The van der Waals surface area contributed by atoms with Crippen molar-refractivity contribution >= 4 is 11.6 Å². The molecule has 1 fully saturated rings. The molecule has 0 spiro atoms. The molecule has 2 rings (SSSR count). The first-order chi connectivity index (χ1) is 6.27. The Kier molecular flexibility index (Phi) is 2.61. The minimum atomic E-state index is 0.475. The molecule has 2 atom stereocenters. The Morgan fingerprint density at radius 2 is 2.46 bits per heavy atom. The van der Waals surface area contributed by atoms with Gasteiger partial charge in [0.2, 0.25) is 0 Å². The minimum Gasteiger partial charge on any atom is -0.449 e. The lowest BCUT2D eigenvalue weighted by Crippen LogP contribution is -2.13. The van der Waals surface area contributed by atoms with Crippen LogP contribution < -0.4 is 5.32 Å². The highest BCUT2D eigenvalue weighted by Crippen LogP contribution is 2.30. The highest BCUT2D eigenvalue weighted by molar-refractivity contribution is 6.28. The van der Waals surface area contributed by atoms with Gasteiger partial charge in [0.05, 0.1) is 0 Å². The smallest absolute Gasteiger partial charge is 0.193 e. The molecule has 0 radical (unpaired) electrons. The van der Waals surface area contributed by atoms with Crippen molar-refractivity contribution in [3.8, 4) is 0 Å². The van der Waals surface area contributed by atoms with E-state index in [1.54, 1.807) is 0 Å². The van der Waals surface area contributed by atoms with E-state index in [4.69, 9.17) is 16.0 Å².